The highest BCUT2D eigenvalue weighted by molar-refractivity contribution is 5.50. The van der Waals surface area contributed by atoms with Crippen molar-refractivity contribution in [1.29, 1.82) is 0 Å². The van der Waals surface area contributed by atoms with Gasteiger partial charge < -0.3 is 15.7 Å². The van der Waals surface area contributed by atoms with Crippen molar-refractivity contribution < 1.29 is 13.9 Å². The first-order valence-electron chi connectivity index (χ1n) is 17.8. The van der Waals surface area contributed by atoms with Gasteiger partial charge in [-0.15, -0.1) is 5.10 Å². The highest BCUT2D eigenvalue weighted by Crippen LogP contribution is 2.40. The van der Waals surface area contributed by atoms with Crippen molar-refractivity contribution in [3.63, 3.8) is 0 Å². The molecule has 0 saturated heterocycles. The molecule has 1 heterocycles. The fourth-order valence-electron chi connectivity index (χ4n) is 7.52. The second kappa shape index (κ2) is 15.4. The van der Waals surface area contributed by atoms with E-state index in [1.54, 1.807) is 11.0 Å². The minimum Gasteiger partial charge on any atom is -0.390 e. The molecule has 0 aliphatic heterocycles. The van der Waals surface area contributed by atoms with Crippen LogP contribution in [-0.4, -0.2) is 38.8 Å². The minimum atomic E-state index is -0.927. The van der Waals surface area contributed by atoms with Crippen LogP contribution in [0.1, 0.15) is 64.8 Å². The summed E-state index contributed by atoms with van der Waals surface area (Å²) < 4.78 is 28.7. The number of benzene rings is 5. The van der Waals surface area contributed by atoms with E-state index in [0.717, 1.165) is 48.4 Å². The predicted octanol–water partition coefficient (Wildman–Crippen LogP) is 8.01. The SMILES string of the molecule is CCc1ccc2c(c1)C(NCC(O)C(Cc1cc(F)cc(F)c1)Nc1cnn(C(c3ccccc3)(c3ccccc3)c3ccccc3)n1)CCC2. The number of hydrogen-bond donors (Lipinski definition) is 3. The van der Waals surface area contributed by atoms with Gasteiger partial charge in [0.2, 0.25) is 0 Å². The molecule has 0 bridgehead atoms. The van der Waals surface area contributed by atoms with Crippen molar-refractivity contribution in [3.8, 4) is 0 Å². The number of halogens is 2. The molecule has 3 atom stereocenters. The van der Waals surface area contributed by atoms with Gasteiger partial charge in [0.05, 0.1) is 18.3 Å². The van der Waals surface area contributed by atoms with Crippen LogP contribution in [0.2, 0.25) is 0 Å². The molecule has 1 aromatic heterocycles. The maximum absolute atomic E-state index is 14.4. The van der Waals surface area contributed by atoms with E-state index in [1.807, 2.05) is 54.6 Å². The normalized spacial score (nSPS) is 15.6. The number of nitrogens with zero attached hydrogens (tertiary/aromatic N) is 3. The monoisotopic (exact) mass is 683 g/mol. The Morgan fingerprint density at radius 3 is 2.00 bits per heavy atom. The van der Waals surface area contributed by atoms with E-state index in [1.165, 1.54) is 28.8 Å². The Labute approximate surface area is 298 Å². The summed E-state index contributed by atoms with van der Waals surface area (Å²) in [5.74, 6) is -0.892. The van der Waals surface area contributed by atoms with Gasteiger partial charge in [-0.1, -0.05) is 116 Å². The summed E-state index contributed by atoms with van der Waals surface area (Å²) in [6, 6.07) is 40.0. The molecule has 0 saturated carbocycles. The number of nitrogens with one attached hydrogen (secondary N) is 2. The molecule has 3 unspecified atom stereocenters. The first-order chi connectivity index (χ1) is 24.9. The van der Waals surface area contributed by atoms with Gasteiger partial charge >= 0.3 is 0 Å². The zero-order valence-electron chi connectivity index (χ0n) is 28.7. The lowest BCUT2D eigenvalue weighted by Crippen LogP contribution is -2.44. The standard InChI is InChI=1S/C43H43F2N5O/c1-2-30-21-22-32-13-12-20-39(38(32)25-30)46-28-41(51)40(26-31-23-36(44)27-37(45)24-31)48-42-29-47-50(49-42)43(33-14-6-3-7-15-33,34-16-8-4-9-17-34)35-18-10-5-11-19-35/h3-11,14-19,21-25,27,29,39-41,46,51H,2,12-13,20,26,28H2,1H3,(H,48,49). The number of rotatable bonds is 13. The zero-order valence-corrected chi connectivity index (χ0v) is 28.7. The molecular formula is C43H43F2N5O. The smallest absolute Gasteiger partial charge is 0.168 e. The predicted molar refractivity (Wildman–Crippen MR) is 198 cm³/mol. The van der Waals surface area contributed by atoms with Crippen LogP contribution in [-0.2, 0) is 24.8 Å². The highest BCUT2D eigenvalue weighted by Gasteiger charge is 2.41. The highest BCUT2D eigenvalue weighted by atomic mass is 19.1. The number of aliphatic hydroxyl groups excluding tert-OH is 1. The third kappa shape index (κ3) is 7.34. The van der Waals surface area contributed by atoms with Crippen LogP contribution >= 0.6 is 0 Å². The van der Waals surface area contributed by atoms with E-state index in [0.29, 0.717) is 11.4 Å². The molecule has 5 aromatic carbocycles. The summed E-state index contributed by atoms with van der Waals surface area (Å²) in [4.78, 5) is 1.71. The fraction of sp³-hybridized carbons (Fsp3) is 0.256. The van der Waals surface area contributed by atoms with E-state index in [-0.39, 0.29) is 19.0 Å². The number of aliphatic hydroxyl groups is 1. The Morgan fingerprint density at radius 2 is 1.41 bits per heavy atom. The lowest BCUT2D eigenvalue weighted by atomic mass is 9.77. The van der Waals surface area contributed by atoms with Gasteiger partial charge in [0, 0.05) is 18.7 Å². The first kappa shape index (κ1) is 34.3. The van der Waals surface area contributed by atoms with Gasteiger partial charge in [0.1, 0.15) is 11.6 Å². The molecule has 6 nitrogen and oxygen atoms in total. The molecule has 0 spiro atoms. The maximum atomic E-state index is 14.4. The third-order valence-corrected chi connectivity index (χ3v) is 10.0. The van der Waals surface area contributed by atoms with Crippen molar-refractivity contribution in [2.75, 3.05) is 11.9 Å². The zero-order chi connectivity index (χ0) is 35.2. The van der Waals surface area contributed by atoms with Crippen LogP contribution in [0, 0.1) is 11.6 Å². The van der Waals surface area contributed by atoms with Gasteiger partial charge in [-0.25, -0.2) is 8.78 Å². The summed E-state index contributed by atoms with van der Waals surface area (Å²) in [7, 11) is 0. The van der Waals surface area contributed by atoms with Crippen molar-refractivity contribution >= 4 is 5.82 Å². The van der Waals surface area contributed by atoms with Crippen LogP contribution in [0.5, 0.6) is 0 Å². The van der Waals surface area contributed by atoms with E-state index in [2.05, 4.69) is 72.2 Å². The van der Waals surface area contributed by atoms with Gasteiger partial charge in [-0.05, 0) is 83.2 Å². The lowest BCUT2D eigenvalue weighted by molar-refractivity contribution is 0.143. The van der Waals surface area contributed by atoms with Gasteiger partial charge in [-0.3, -0.25) is 0 Å². The number of aryl methyl sites for hydroxylation is 2. The molecular weight excluding hydrogens is 641 g/mol. The summed E-state index contributed by atoms with van der Waals surface area (Å²) in [5.41, 5.74) is 6.34. The second-order valence-corrected chi connectivity index (χ2v) is 13.4. The van der Waals surface area contributed by atoms with Crippen LogP contribution in [0.3, 0.4) is 0 Å². The molecule has 260 valence electrons. The lowest BCUT2D eigenvalue weighted by Gasteiger charge is -2.35. The van der Waals surface area contributed by atoms with Gasteiger partial charge in [0.15, 0.2) is 11.4 Å². The van der Waals surface area contributed by atoms with Crippen molar-refractivity contribution in [1.82, 2.24) is 20.3 Å². The summed E-state index contributed by atoms with van der Waals surface area (Å²) >= 11 is 0. The Balaban J connectivity index is 1.22. The van der Waals surface area contributed by atoms with Crippen molar-refractivity contribution in [3.05, 3.63) is 184 Å². The number of fused-ring (bicyclic) bond motifs is 1. The largest absolute Gasteiger partial charge is 0.390 e. The van der Waals surface area contributed by atoms with Crippen LogP contribution in [0.25, 0.3) is 0 Å². The van der Waals surface area contributed by atoms with E-state index in [9.17, 15) is 13.9 Å². The molecule has 7 rings (SSSR count). The Kier molecular flexibility index (Phi) is 10.3. The molecule has 3 N–H and O–H groups in total. The summed E-state index contributed by atoms with van der Waals surface area (Å²) in [6.07, 6.45) is 4.91. The van der Waals surface area contributed by atoms with Gasteiger partial charge in [0.25, 0.3) is 0 Å². The third-order valence-electron chi connectivity index (χ3n) is 10.0. The minimum absolute atomic E-state index is 0.103. The van der Waals surface area contributed by atoms with E-state index >= 15 is 0 Å². The maximum Gasteiger partial charge on any atom is 0.168 e. The topological polar surface area (TPSA) is 75.0 Å². The average molecular weight is 684 g/mol. The average Bonchev–Trinajstić information content (AvgIpc) is 3.63. The molecule has 6 aromatic rings. The quantitative estimate of drug-likeness (QED) is 0.108. The van der Waals surface area contributed by atoms with E-state index < -0.39 is 29.3 Å². The summed E-state index contributed by atoms with van der Waals surface area (Å²) in [6.45, 7) is 2.42. The molecule has 0 amide bonds. The Hall–Kier alpha value is -5.18. The van der Waals surface area contributed by atoms with Crippen LogP contribution in [0.15, 0.2) is 134 Å². The number of hydrogen-bond acceptors (Lipinski definition) is 5. The number of anilines is 1. The fourth-order valence-corrected chi connectivity index (χ4v) is 7.52. The van der Waals surface area contributed by atoms with E-state index in [4.69, 9.17) is 10.2 Å². The molecule has 1 aliphatic carbocycles. The molecule has 1 aliphatic rings. The Bertz CT molecular complexity index is 1920. The van der Waals surface area contributed by atoms with Crippen molar-refractivity contribution in [2.45, 2.75) is 62.8 Å². The van der Waals surface area contributed by atoms with Crippen LogP contribution in [0.4, 0.5) is 14.6 Å². The first-order valence-corrected chi connectivity index (χ1v) is 17.8. The number of aromatic nitrogens is 3. The summed E-state index contributed by atoms with van der Waals surface area (Å²) in [5, 5.41) is 28.7. The Morgan fingerprint density at radius 1 is 0.804 bits per heavy atom. The molecule has 8 heteroatoms. The van der Waals surface area contributed by atoms with Gasteiger partial charge in [-0.2, -0.15) is 9.90 Å². The van der Waals surface area contributed by atoms with Crippen LogP contribution < -0.4 is 10.6 Å². The second-order valence-electron chi connectivity index (χ2n) is 13.4. The molecule has 51 heavy (non-hydrogen) atoms. The van der Waals surface area contributed by atoms with Crippen molar-refractivity contribution in [2.24, 2.45) is 0 Å². The molecule has 0 fully saturated rings. The molecule has 0 radical (unpaired) electrons.